The molecule has 1 aromatic rings. The maximum absolute atomic E-state index is 5.67. The Kier molecular flexibility index (Phi) is 25.4. The highest BCUT2D eigenvalue weighted by atomic mass is 16.5. The molecule has 0 aliphatic carbocycles. The molecule has 0 aromatic heterocycles. The zero-order valence-corrected chi connectivity index (χ0v) is 16.1. The molecule has 1 rings (SSSR count). The quantitative estimate of drug-likeness (QED) is 0.507. The van der Waals surface area contributed by atoms with E-state index in [4.69, 9.17) is 4.74 Å². The molecule has 0 aliphatic heterocycles. The van der Waals surface area contributed by atoms with Crippen LogP contribution in [0.15, 0.2) is 24.3 Å². The molecule has 0 spiro atoms. The van der Waals surface area contributed by atoms with Gasteiger partial charge in [0.25, 0.3) is 0 Å². The standard InChI is InChI=1S/C14H22O.3C2H6/c1-4-5-9-15-14-8-6-7-13(11-14)10-12(2)3;3*1-2/h6-8,11-12H,4-5,9-10H2,1-3H3;3*1-2H3. The lowest BCUT2D eigenvalue weighted by Gasteiger charge is -2.08. The fraction of sp³-hybridized carbons (Fsp3) is 0.700. The van der Waals surface area contributed by atoms with Crippen LogP contribution in [0.25, 0.3) is 0 Å². The third kappa shape index (κ3) is 17.0. The van der Waals surface area contributed by atoms with E-state index in [0.717, 1.165) is 25.2 Å². The lowest BCUT2D eigenvalue weighted by Crippen LogP contribution is -1.98. The van der Waals surface area contributed by atoms with E-state index in [0.29, 0.717) is 5.92 Å². The fourth-order valence-corrected chi connectivity index (χ4v) is 1.57. The number of hydrogen-bond donors (Lipinski definition) is 0. The van der Waals surface area contributed by atoms with E-state index in [1.165, 1.54) is 12.0 Å². The van der Waals surface area contributed by atoms with Gasteiger partial charge in [0.2, 0.25) is 0 Å². The summed E-state index contributed by atoms with van der Waals surface area (Å²) in [7, 11) is 0. The Labute approximate surface area is 135 Å². The second-order valence-electron chi connectivity index (χ2n) is 4.45. The largest absolute Gasteiger partial charge is 0.494 e. The Morgan fingerprint density at radius 3 is 2.00 bits per heavy atom. The first-order chi connectivity index (χ1) is 10.2. The lowest BCUT2D eigenvalue weighted by atomic mass is 10.0. The smallest absolute Gasteiger partial charge is 0.119 e. The van der Waals surface area contributed by atoms with Gasteiger partial charge in [-0.2, -0.15) is 0 Å². The summed E-state index contributed by atoms with van der Waals surface area (Å²) in [5, 5.41) is 0. The van der Waals surface area contributed by atoms with Crippen molar-refractivity contribution in [3.63, 3.8) is 0 Å². The van der Waals surface area contributed by atoms with Crippen molar-refractivity contribution in [1.29, 1.82) is 0 Å². The van der Waals surface area contributed by atoms with Crippen molar-refractivity contribution >= 4 is 0 Å². The summed E-state index contributed by atoms with van der Waals surface area (Å²) in [6, 6.07) is 8.46. The van der Waals surface area contributed by atoms with Crippen molar-refractivity contribution in [3.8, 4) is 5.75 Å². The Hall–Kier alpha value is -0.980. The van der Waals surface area contributed by atoms with Crippen molar-refractivity contribution in [2.24, 2.45) is 5.92 Å². The maximum Gasteiger partial charge on any atom is 0.119 e. The van der Waals surface area contributed by atoms with Gasteiger partial charge >= 0.3 is 0 Å². The highest BCUT2D eigenvalue weighted by Crippen LogP contribution is 2.16. The molecule has 0 amide bonds. The molecule has 1 aromatic carbocycles. The molecule has 21 heavy (non-hydrogen) atoms. The molecule has 0 aliphatic rings. The Morgan fingerprint density at radius 1 is 0.952 bits per heavy atom. The number of hydrogen-bond acceptors (Lipinski definition) is 1. The maximum atomic E-state index is 5.67. The van der Waals surface area contributed by atoms with Gasteiger partial charge in [0.05, 0.1) is 6.61 Å². The third-order valence-electron chi connectivity index (χ3n) is 2.31. The first kappa shape index (κ1) is 25.0. The minimum absolute atomic E-state index is 0.705. The first-order valence-electron chi connectivity index (χ1n) is 8.94. The minimum atomic E-state index is 0.705. The number of benzene rings is 1. The molecule has 1 nitrogen and oxygen atoms in total. The minimum Gasteiger partial charge on any atom is -0.494 e. The average molecular weight is 297 g/mol. The molecule has 0 N–H and O–H groups in total. The van der Waals surface area contributed by atoms with Gasteiger partial charge in [-0.1, -0.05) is 80.9 Å². The molecule has 1 heteroatoms. The van der Waals surface area contributed by atoms with Gasteiger partial charge in [-0.15, -0.1) is 0 Å². The topological polar surface area (TPSA) is 9.23 Å². The highest BCUT2D eigenvalue weighted by Gasteiger charge is 1.99. The normalized spacial score (nSPS) is 8.48. The van der Waals surface area contributed by atoms with Crippen molar-refractivity contribution in [3.05, 3.63) is 29.8 Å². The fourth-order valence-electron chi connectivity index (χ4n) is 1.57. The van der Waals surface area contributed by atoms with Crippen LogP contribution in [-0.2, 0) is 6.42 Å². The predicted molar refractivity (Wildman–Crippen MR) is 99.4 cm³/mol. The van der Waals surface area contributed by atoms with E-state index in [1.54, 1.807) is 0 Å². The van der Waals surface area contributed by atoms with Crippen LogP contribution < -0.4 is 4.74 Å². The van der Waals surface area contributed by atoms with Crippen molar-refractivity contribution in [1.82, 2.24) is 0 Å². The van der Waals surface area contributed by atoms with E-state index in [1.807, 2.05) is 47.6 Å². The zero-order chi connectivity index (χ0) is 17.1. The van der Waals surface area contributed by atoms with Gasteiger partial charge in [-0.3, -0.25) is 0 Å². The summed E-state index contributed by atoms with van der Waals surface area (Å²) in [6.07, 6.45) is 3.45. The highest BCUT2D eigenvalue weighted by molar-refractivity contribution is 5.28. The van der Waals surface area contributed by atoms with Crippen LogP contribution in [0, 0.1) is 5.92 Å². The Bertz CT molecular complexity index is 279. The van der Waals surface area contributed by atoms with Crippen LogP contribution in [0.5, 0.6) is 5.75 Å². The van der Waals surface area contributed by atoms with E-state index in [-0.39, 0.29) is 0 Å². The molecule has 0 fully saturated rings. The van der Waals surface area contributed by atoms with E-state index in [9.17, 15) is 0 Å². The van der Waals surface area contributed by atoms with Crippen LogP contribution in [-0.4, -0.2) is 6.61 Å². The average Bonchev–Trinajstić information content (AvgIpc) is 2.53. The molecule has 0 radical (unpaired) electrons. The summed E-state index contributed by atoms with van der Waals surface area (Å²) >= 11 is 0. The van der Waals surface area contributed by atoms with Crippen LogP contribution in [0.1, 0.15) is 80.7 Å². The van der Waals surface area contributed by atoms with Gasteiger partial charge in [-0.05, 0) is 36.5 Å². The molecule has 126 valence electrons. The van der Waals surface area contributed by atoms with E-state index < -0.39 is 0 Å². The predicted octanol–water partition coefficient (Wildman–Crippen LogP) is 7.14. The van der Waals surface area contributed by atoms with Crippen LogP contribution in [0.3, 0.4) is 0 Å². The molecule has 0 atom stereocenters. The molecular formula is C20H40O. The lowest BCUT2D eigenvalue weighted by molar-refractivity contribution is 0.309. The first-order valence-corrected chi connectivity index (χ1v) is 8.94. The summed E-state index contributed by atoms with van der Waals surface area (Å²) in [6.45, 7) is 19.5. The van der Waals surface area contributed by atoms with Gasteiger partial charge in [0.1, 0.15) is 5.75 Å². The van der Waals surface area contributed by atoms with E-state index in [2.05, 4.69) is 39.0 Å². The number of ether oxygens (including phenoxy) is 1. The monoisotopic (exact) mass is 296 g/mol. The van der Waals surface area contributed by atoms with Crippen molar-refractivity contribution in [2.75, 3.05) is 6.61 Å². The molecular weight excluding hydrogens is 256 g/mol. The van der Waals surface area contributed by atoms with E-state index >= 15 is 0 Å². The molecule has 0 unspecified atom stereocenters. The Morgan fingerprint density at radius 2 is 1.52 bits per heavy atom. The zero-order valence-electron chi connectivity index (χ0n) is 16.1. The molecule has 0 saturated carbocycles. The summed E-state index contributed by atoms with van der Waals surface area (Å²) < 4.78 is 5.67. The van der Waals surface area contributed by atoms with Crippen molar-refractivity contribution < 1.29 is 4.74 Å². The van der Waals surface area contributed by atoms with Gasteiger partial charge < -0.3 is 4.74 Å². The van der Waals surface area contributed by atoms with Crippen molar-refractivity contribution in [2.45, 2.75) is 81.6 Å². The summed E-state index contributed by atoms with van der Waals surface area (Å²) in [4.78, 5) is 0. The van der Waals surface area contributed by atoms with Gasteiger partial charge in [-0.25, -0.2) is 0 Å². The second kappa shape index (κ2) is 21.3. The Balaban J connectivity index is -0.000000478. The van der Waals surface area contributed by atoms with Crippen LogP contribution in [0.2, 0.25) is 0 Å². The number of unbranched alkanes of at least 4 members (excludes halogenated alkanes) is 1. The summed E-state index contributed by atoms with van der Waals surface area (Å²) in [5.74, 6) is 1.72. The summed E-state index contributed by atoms with van der Waals surface area (Å²) in [5.41, 5.74) is 1.37. The molecule has 0 saturated heterocycles. The van der Waals surface area contributed by atoms with Gasteiger partial charge in [0.15, 0.2) is 0 Å². The van der Waals surface area contributed by atoms with Crippen LogP contribution >= 0.6 is 0 Å². The third-order valence-corrected chi connectivity index (χ3v) is 2.31. The van der Waals surface area contributed by atoms with Crippen LogP contribution in [0.4, 0.5) is 0 Å². The second-order valence-corrected chi connectivity index (χ2v) is 4.45. The molecule has 0 bridgehead atoms. The number of rotatable bonds is 6. The van der Waals surface area contributed by atoms with Gasteiger partial charge in [0, 0.05) is 0 Å². The molecule has 0 heterocycles. The SMILES string of the molecule is CC.CC.CC.CCCCOc1cccc(CC(C)C)c1.